The summed E-state index contributed by atoms with van der Waals surface area (Å²) in [4.78, 5) is 5.86. The van der Waals surface area contributed by atoms with Crippen LogP contribution in [0.2, 0.25) is 0 Å². The van der Waals surface area contributed by atoms with Crippen molar-refractivity contribution in [2.45, 2.75) is 4.90 Å². The van der Waals surface area contributed by atoms with E-state index in [1.807, 2.05) is 11.9 Å². The molecule has 1 aromatic heterocycles. The van der Waals surface area contributed by atoms with Crippen LogP contribution >= 0.6 is 0 Å². The fourth-order valence-electron chi connectivity index (χ4n) is 1.52. The molecule has 0 spiro atoms. The molecule has 0 bridgehead atoms. The van der Waals surface area contributed by atoms with Crippen molar-refractivity contribution >= 4 is 15.8 Å². The summed E-state index contributed by atoms with van der Waals surface area (Å²) >= 11 is 0. The molecule has 0 aliphatic rings. The number of methoxy groups -OCH3 is 1. The number of ether oxygens (including phenoxy) is 1. The Kier molecular flexibility index (Phi) is 6.82. The van der Waals surface area contributed by atoms with Crippen LogP contribution in [-0.4, -0.2) is 58.7 Å². The molecule has 4 N–H and O–H groups in total. The van der Waals surface area contributed by atoms with Gasteiger partial charge in [0.15, 0.2) is 5.82 Å². The lowest BCUT2D eigenvalue weighted by Gasteiger charge is -2.16. The molecule has 0 radical (unpaired) electrons. The maximum Gasteiger partial charge on any atom is 0.244 e. The van der Waals surface area contributed by atoms with Crippen LogP contribution < -0.4 is 16.0 Å². The number of likely N-dealkylation sites (N-methyl/N-ethyl adjacent to an activating group) is 1. The fraction of sp³-hybridized carbons (Fsp3) is 0.545. The molecule has 0 atom stereocenters. The zero-order valence-electron chi connectivity index (χ0n) is 11.7. The van der Waals surface area contributed by atoms with Gasteiger partial charge in [-0.25, -0.2) is 24.0 Å². The van der Waals surface area contributed by atoms with Crippen LogP contribution in [0.15, 0.2) is 23.2 Å². The second kappa shape index (κ2) is 8.12. The number of sulfonamides is 1. The van der Waals surface area contributed by atoms with E-state index in [2.05, 4.69) is 15.1 Å². The number of nitrogens with two attached hydrogens (primary N) is 1. The Labute approximate surface area is 119 Å². The topological polar surface area (TPSA) is 110 Å². The van der Waals surface area contributed by atoms with Gasteiger partial charge in [0.2, 0.25) is 10.0 Å². The summed E-state index contributed by atoms with van der Waals surface area (Å²) in [6.45, 7) is 2.21. The van der Waals surface area contributed by atoms with Crippen molar-refractivity contribution in [3.05, 3.63) is 18.3 Å². The minimum atomic E-state index is -3.63. The van der Waals surface area contributed by atoms with Crippen molar-refractivity contribution in [3.63, 3.8) is 0 Å². The second-order valence-electron chi connectivity index (χ2n) is 4.19. The molecule has 9 heteroatoms. The van der Waals surface area contributed by atoms with Crippen molar-refractivity contribution in [1.82, 2.24) is 14.6 Å². The minimum absolute atomic E-state index is 0.0297. The number of nitrogens with one attached hydrogen (secondary N) is 2. The summed E-state index contributed by atoms with van der Waals surface area (Å²) in [6.07, 6.45) is 1.47. The fourth-order valence-corrected chi connectivity index (χ4v) is 2.66. The molecular weight excluding hydrogens is 282 g/mol. The molecule has 1 heterocycles. The molecule has 0 saturated carbocycles. The molecule has 0 aromatic carbocycles. The first-order valence-corrected chi connectivity index (χ1v) is 7.58. The smallest absolute Gasteiger partial charge is 0.244 e. The molecule has 0 unspecified atom stereocenters. The van der Waals surface area contributed by atoms with Crippen molar-refractivity contribution in [3.8, 4) is 0 Å². The number of nitrogens with zero attached hydrogens (tertiary/aromatic N) is 2. The van der Waals surface area contributed by atoms with Gasteiger partial charge in [0.05, 0.1) is 6.61 Å². The maximum atomic E-state index is 12.1. The van der Waals surface area contributed by atoms with Crippen LogP contribution in [0.5, 0.6) is 0 Å². The number of hydrazine groups is 1. The summed E-state index contributed by atoms with van der Waals surface area (Å²) < 4.78 is 31.7. The Morgan fingerprint density at radius 1 is 1.45 bits per heavy atom. The SMILES string of the molecule is COCCN(C)CCNS(=O)(=O)c1cccnc1NN. The molecule has 1 rings (SSSR count). The Bertz CT molecular complexity index is 509. The van der Waals surface area contributed by atoms with Gasteiger partial charge in [-0.3, -0.25) is 0 Å². The van der Waals surface area contributed by atoms with E-state index in [0.717, 1.165) is 6.54 Å². The second-order valence-corrected chi connectivity index (χ2v) is 5.92. The number of aromatic nitrogens is 1. The third kappa shape index (κ3) is 5.02. The number of pyridine rings is 1. The Morgan fingerprint density at radius 3 is 2.85 bits per heavy atom. The van der Waals surface area contributed by atoms with Gasteiger partial charge >= 0.3 is 0 Å². The number of hydrogen-bond acceptors (Lipinski definition) is 7. The number of rotatable bonds is 9. The van der Waals surface area contributed by atoms with E-state index < -0.39 is 10.0 Å². The van der Waals surface area contributed by atoms with Crippen LogP contribution in [0.3, 0.4) is 0 Å². The predicted molar refractivity (Wildman–Crippen MR) is 76.6 cm³/mol. The molecule has 0 amide bonds. The lowest BCUT2D eigenvalue weighted by molar-refractivity contribution is 0.162. The number of nitrogen functional groups attached to an aromatic ring is 1. The van der Waals surface area contributed by atoms with Crippen LogP contribution in [0.1, 0.15) is 0 Å². The van der Waals surface area contributed by atoms with Crippen molar-refractivity contribution in [1.29, 1.82) is 0 Å². The molecule has 0 saturated heterocycles. The summed E-state index contributed by atoms with van der Waals surface area (Å²) in [6, 6.07) is 2.99. The van der Waals surface area contributed by atoms with E-state index in [0.29, 0.717) is 19.7 Å². The quantitative estimate of drug-likeness (QED) is 0.405. The van der Waals surface area contributed by atoms with Crippen molar-refractivity contribution in [2.75, 3.05) is 45.8 Å². The summed E-state index contributed by atoms with van der Waals surface area (Å²) in [7, 11) is -0.114. The van der Waals surface area contributed by atoms with Crippen LogP contribution in [0.4, 0.5) is 5.82 Å². The standard InChI is InChI=1S/C11H21N5O3S/c1-16(8-9-19-2)7-6-14-20(17,18)10-4-3-5-13-11(10)15-12/h3-5,14H,6-9,12H2,1-2H3,(H,13,15). The maximum absolute atomic E-state index is 12.1. The Balaban J connectivity index is 2.58. The first kappa shape index (κ1) is 16.8. The molecule has 8 nitrogen and oxygen atoms in total. The molecule has 0 aliphatic heterocycles. The first-order chi connectivity index (χ1) is 9.51. The van der Waals surface area contributed by atoms with Gasteiger partial charge in [-0.05, 0) is 19.2 Å². The van der Waals surface area contributed by atoms with E-state index >= 15 is 0 Å². The van der Waals surface area contributed by atoms with Gasteiger partial charge in [0, 0.05) is 32.9 Å². The average Bonchev–Trinajstić information content (AvgIpc) is 2.44. The minimum Gasteiger partial charge on any atom is -0.383 e. The molecule has 1 aromatic rings. The first-order valence-electron chi connectivity index (χ1n) is 6.10. The molecule has 20 heavy (non-hydrogen) atoms. The highest BCUT2D eigenvalue weighted by Gasteiger charge is 2.18. The van der Waals surface area contributed by atoms with Gasteiger partial charge in [-0.2, -0.15) is 0 Å². The van der Waals surface area contributed by atoms with Crippen molar-refractivity contribution < 1.29 is 13.2 Å². The molecule has 114 valence electrons. The normalized spacial score (nSPS) is 11.8. The predicted octanol–water partition coefficient (Wildman–Crippen LogP) is -0.776. The van der Waals surface area contributed by atoms with Crippen molar-refractivity contribution in [2.24, 2.45) is 5.84 Å². The highest BCUT2D eigenvalue weighted by atomic mass is 32.2. The van der Waals surface area contributed by atoms with Gasteiger partial charge in [0.1, 0.15) is 4.90 Å². The van der Waals surface area contributed by atoms with E-state index in [-0.39, 0.29) is 10.7 Å². The van der Waals surface area contributed by atoms with Gasteiger partial charge < -0.3 is 15.1 Å². The highest BCUT2D eigenvalue weighted by molar-refractivity contribution is 7.89. The van der Waals surface area contributed by atoms with E-state index in [1.54, 1.807) is 13.2 Å². The van der Waals surface area contributed by atoms with Crippen LogP contribution in [0.25, 0.3) is 0 Å². The summed E-state index contributed by atoms with van der Waals surface area (Å²) in [5, 5.41) is 0. The zero-order valence-corrected chi connectivity index (χ0v) is 12.5. The zero-order chi connectivity index (χ0) is 15.0. The lowest BCUT2D eigenvalue weighted by Crippen LogP contribution is -2.34. The Hall–Kier alpha value is -1.26. The largest absolute Gasteiger partial charge is 0.383 e. The molecular formula is C11H21N5O3S. The molecule has 0 aliphatic carbocycles. The van der Waals surface area contributed by atoms with Gasteiger partial charge in [0.25, 0.3) is 0 Å². The average molecular weight is 303 g/mol. The summed E-state index contributed by atoms with van der Waals surface area (Å²) in [5.41, 5.74) is 2.27. The molecule has 0 fully saturated rings. The van der Waals surface area contributed by atoms with E-state index in [9.17, 15) is 8.42 Å². The number of hydrogen-bond donors (Lipinski definition) is 3. The van der Waals surface area contributed by atoms with E-state index in [1.165, 1.54) is 12.3 Å². The van der Waals surface area contributed by atoms with Gasteiger partial charge in [-0.15, -0.1) is 0 Å². The third-order valence-corrected chi connectivity index (χ3v) is 4.15. The highest BCUT2D eigenvalue weighted by Crippen LogP contribution is 2.16. The third-order valence-electron chi connectivity index (χ3n) is 2.66. The monoisotopic (exact) mass is 303 g/mol. The van der Waals surface area contributed by atoms with Crippen LogP contribution in [-0.2, 0) is 14.8 Å². The van der Waals surface area contributed by atoms with E-state index in [4.69, 9.17) is 10.6 Å². The van der Waals surface area contributed by atoms with Gasteiger partial charge in [-0.1, -0.05) is 0 Å². The lowest BCUT2D eigenvalue weighted by atomic mass is 10.5. The summed E-state index contributed by atoms with van der Waals surface area (Å²) in [5.74, 6) is 5.37. The Morgan fingerprint density at radius 2 is 2.20 bits per heavy atom. The number of anilines is 1. The van der Waals surface area contributed by atoms with Crippen LogP contribution in [0, 0.1) is 0 Å².